The van der Waals surface area contributed by atoms with Gasteiger partial charge >= 0.3 is 0 Å². The highest BCUT2D eigenvalue weighted by atomic mass is 15.0. The number of aromatic nitrogens is 1. The van der Waals surface area contributed by atoms with Crippen LogP contribution in [0.15, 0.2) is 18.5 Å². The molecule has 1 aromatic rings. The van der Waals surface area contributed by atoms with Crippen molar-refractivity contribution >= 4 is 0 Å². The van der Waals surface area contributed by atoms with E-state index in [0.29, 0.717) is 6.04 Å². The molecule has 102 valence electrons. The van der Waals surface area contributed by atoms with E-state index in [-0.39, 0.29) is 0 Å². The fourth-order valence-electron chi connectivity index (χ4n) is 3.07. The Morgan fingerprint density at radius 2 is 2.11 bits per heavy atom. The standard InChI is InChI=1S/C16H28N2/c1-3-10-18-11-9-15(13-18)12-17-14(2)16-7-5-4-6-8-16/h9,11,13-14,16-17H,3-8,10,12H2,1-2H3. The number of nitrogens with zero attached hydrogens (tertiary/aromatic N) is 1. The fraction of sp³-hybridized carbons (Fsp3) is 0.750. The molecule has 1 atom stereocenters. The molecule has 0 amide bonds. The molecule has 0 radical (unpaired) electrons. The van der Waals surface area contributed by atoms with E-state index in [1.54, 1.807) is 0 Å². The van der Waals surface area contributed by atoms with E-state index >= 15 is 0 Å². The van der Waals surface area contributed by atoms with E-state index in [0.717, 1.165) is 19.0 Å². The normalized spacial score (nSPS) is 19.0. The summed E-state index contributed by atoms with van der Waals surface area (Å²) in [4.78, 5) is 0. The van der Waals surface area contributed by atoms with E-state index in [9.17, 15) is 0 Å². The molecule has 0 aromatic carbocycles. The third-order valence-corrected chi connectivity index (χ3v) is 4.28. The van der Waals surface area contributed by atoms with Crippen LogP contribution in [-0.4, -0.2) is 10.6 Å². The highest BCUT2D eigenvalue weighted by molar-refractivity contribution is 5.10. The first-order valence-corrected chi connectivity index (χ1v) is 7.67. The van der Waals surface area contributed by atoms with Gasteiger partial charge in [0.1, 0.15) is 0 Å². The van der Waals surface area contributed by atoms with Gasteiger partial charge in [0.25, 0.3) is 0 Å². The molecule has 1 N–H and O–H groups in total. The second-order valence-corrected chi connectivity index (χ2v) is 5.83. The molecule has 1 aliphatic rings. The fourth-order valence-corrected chi connectivity index (χ4v) is 3.07. The number of hydrogen-bond donors (Lipinski definition) is 1. The second kappa shape index (κ2) is 6.98. The summed E-state index contributed by atoms with van der Waals surface area (Å²) >= 11 is 0. The summed E-state index contributed by atoms with van der Waals surface area (Å²) in [5, 5.41) is 3.71. The van der Waals surface area contributed by atoms with Crippen LogP contribution in [0.25, 0.3) is 0 Å². The Bertz CT molecular complexity index is 337. The van der Waals surface area contributed by atoms with Crippen molar-refractivity contribution in [3.8, 4) is 0 Å². The van der Waals surface area contributed by atoms with E-state index < -0.39 is 0 Å². The van der Waals surface area contributed by atoms with Gasteiger partial charge < -0.3 is 9.88 Å². The first kappa shape index (κ1) is 13.7. The zero-order valence-electron chi connectivity index (χ0n) is 12.0. The van der Waals surface area contributed by atoms with E-state index in [2.05, 4.69) is 42.2 Å². The van der Waals surface area contributed by atoms with Crippen molar-refractivity contribution in [2.45, 2.75) is 71.5 Å². The van der Waals surface area contributed by atoms with Gasteiger partial charge in [-0.2, -0.15) is 0 Å². The monoisotopic (exact) mass is 248 g/mol. The molecular formula is C16H28N2. The minimum atomic E-state index is 0.667. The SMILES string of the molecule is CCCn1ccc(CNC(C)C2CCCCC2)c1. The van der Waals surface area contributed by atoms with Crippen molar-refractivity contribution < 1.29 is 0 Å². The molecule has 2 nitrogen and oxygen atoms in total. The molecule has 0 spiro atoms. The maximum absolute atomic E-state index is 3.71. The van der Waals surface area contributed by atoms with E-state index in [4.69, 9.17) is 0 Å². The van der Waals surface area contributed by atoms with Gasteiger partial charge in [-0.05, 0) is 43.7 Å². The molecule has 1 aromatic heterocycles. The van der Waals surface area contributed by atoms with Crippen LogP contribution >= 0.6 is 0 Å². The van der Waals surface area contributed by atoms with Crippen molar-refractivity contribution in [3.63, 3.8) is 0 Å². The van der Waals surface area contributed by atoms with Crippen LogP contribution in [0, 0.1) is 5.92 Å². The first-order chi connectivity index (χ1) is 8.79. The summed E-state index contributed by atoms with van der Waals surface area (Å²) < 4.78 is 2.29. The quantitative estimate of drug-likeness (QED) is 0.806. The lowest BCUT2D eigenvalue weighted by Crippen LogP contribution is -2.34. The molecule has 0 saturated heterocycles. The lowest BCUT2D eigenvalue weighted by atomic mass is 9.84. The Labute approximate surface area is 112 Å². The third kappa shape index (κ3) is 3.88. The summed E-state index contributed by atoms with van der Waals surface area (Å²) in [5.74, 6) is 0.900. The molecule has 1 fully saturated rings. The Morgan fingerprint density at radius 3 is 2.83 bits per heavy atom. The van der Waals surface area contributed by atoms with Gasteiger partial charge in [-0.25, -0.2) is 0 Å². The number of rotatable bonds is 6. The maximum Gasteiger partial charge on any atom is 0.0223 e. The van der Waals surface area contributed by atoms with Crippen LogP contribution in [0.1, 0.15) is 57.9 Å². The first-order valence-electron chi connectivity index (χ1n) is 7.67. The molecule has 1 aliphatic carbocycles. The summed E-state index contributed by atoms with van der Waals surface area (Å²) in [7, 11) is 0. The van der Waals surface area contributed by atoms with E-state index in [1.165, 1.54) is 44.1 Å². The summed E-state index contributed by atoms with van der Waals surface area (Å²) in [6.45, 7) is 6.74. The maximum atomic E-state index is 3.71. The molecule has 2 rings (SSSR count). The number of aryl methyl sites for hydroxylation is 1. The largest absolute Gasteiger partial charge is 0.354 e. The van der Waals surface area contributed by atoms with Crippen molar-refractivity contribution in [3.05, 3.63) is 24.0 Å². The number of hydrogen-bond acceptors (Lipinski definition) is 1. The van der Waals surface area contributed by atoms with Crippen LogP contribution in [0.2, 0.25) is 0 Å². The van der Waals surface area contributed by atoms with Crippen LogP contribution in [-0.2, 0) is 13.1 Å². The van der Waals surface area contributed by atoms with E-state index in [1.807, 2.05) is 0 Å². The average Bonchev–Trinajstić information content (AvgIpc) is 2.85. The van der Waals surface area contributed by atoms with Crippen LogP contribution in [0.5, 0.6) is 0 Å². The van der Waals surface area contributed by atoms with Crippen molar-refractivity contribution in [1.29, 1.82) is 0 Å². The molecule has 1 heterocycles. The Morgan fingerprint density at radius 1 is 1.33 bits per heavy atom. The summed E-state index contributed by atoms with van der Waals surface area (Å²) in [5.41, 5.74) is 1.42. The predicted molar refractivity (Wildman–Crippen MR) is 77.6 cm³/mol. The third-order valence-electron chi connectivity index (χ3n) is 4.28. The highest BCUT2D eigenvalue weighted by Gasteiger charge is 2.19. The van der Waals surface area contributed by atoms with Gasteiger partial charge in [0.2, 0.25) is 0 Å². The second-order valence-electron chi connectivity index (χ2n) is 5.83. The summed E-state index contributed by atoms with van der Waals surface area (Å²) in [6, 6.07) is 2.91. The zero-order valence-corrected chi connectivity index (χ0v) is 12.0. The van der Waals surface area contributed by atoms with Gasteiger partial charge in [-0.15, -0.1) is 0 Å². The minimum absolute atomic E-state index is 0.667. The predicted octanol–water partition coefficient (Wildman–Crippen LogP) is 3.96. The average molecular weight is 248 g/mol. The van der Waals surface area contributed by atoms with Gasteiger partial charge in [0, 0.05) is 31.5 Å². The van der Waals surface area contributed by atoms with Gasteiger partial charge in [-0.3, -0.25) is 0 Å². The van der Waals surface area contributed by atoms with Gasteiger partial charge in [0.15, 0.2) is 0 Å². The Kier molecular flexibility index (Phi) is 5.30. The molecule has 2 heteroatoms. The van der Waals surface area contributed by atoms with Crippen LogP contribution in [0.4, 0.5) is 0 Å². The topological polar surface area (TPSA) is 17.0 Å². The Hall–Kier alpha value is -0.760. The lowest BCUT2D eigenvalue weighted by molar-refractivity contribution is 0.280. The van der Waals surface area contributed by atoms with Crippen molar-refractivity contribution in [2.24, 2.45) is 5.92 Å². The molecule has 1 unspecified atom stereocenters. The minimum Gasteiger partial charge on any atom is -0.354 e. The molecule has 1 saturated carbocycles. The lowest BCUT2D eigenvalue weighted by Gasteiger charge is -2.28. The van der Waals surface area contributed by atoms with Gasteiger partial charge in [0.05, 0.1) is 0 Å². The van der Waals surface area contributed by atoms with Crippen LogP contribution < -0.4 is 5.32 Å². The highest BCUT2D eigenvalue weighted by Crippen LogP contribution is 2.26. The smallest absolute Gasteiger partial charge is 0.0223 e. The number of nitrogens with one attached hydrogen (secondary N) is 1. The van der Waals surface area contributed by atoms with Gasteiger partial charge in [-0.1, -0.05) is 26.2 Å². The molecular weight excluding hydrogens is 220 g/mol. The summed E-state index contributed by atoms with van der Waals surface area (Å²) in [6.07, 6.45) is 12.8. The van der Waals surface area contributed by atoms with Crippen LogP contribution in [0.3, 0.4) is 0 Å². The van der Waals surface area contributed by atoms with Crippen molar-refractivity contribution in [1.82, 2.24) is 9.88 Å². The Balaban J connectivity index is 1.75. The molecule has 0 bridgehead atoms. The zero-order chi connectivity index (χ0) is 12.8. The van der Waals surface area contributed by atoms with Crippen molar-refractivity contribution in [2.75, 3.05) is 0 Å². The molecule has 18 heavy (non-hydrogen) atoms. The molecule has 0 aliphatic heterocycles.